The maximum absolute atomic E-state index is 5.20. The largest absolute Gasteiger partial charge is 0.497 e. The van der Waals surface area contributed by atoms with E-state index in [9.17, 15) is 0 Å². The second kappa shape index (κ2) is 4.39. The molecule has 1 aliphatic rings. The SMILES string of the molecule is COc1ccc(C2(c3cc(Br)ccn3)CC2)cc1. The van der Waals surface area contributed by atoms with Gasteiger partial charge >= 0.3 is 0 Å². The summed E-state index contributed by atoms with van der Waals surface area (Å²) in [5, 5.41) is 0. The predicted octanol–water partition coefficient (Wildman–Crippen LogP) is 3.93. The summed E-state index contributed by atoms with van der Waals surface area (Å²) in [7, 11) is 1.69. The minimum Gasteiger partial charge on any atom is -0.497 e. The van der Waals surface area contributed by atoms with Crippen LogP contribution in [0.5, 0.6) is 5.75 Å². The number of halogens is 1. The normalized spacial score (nSPS) is 16.3. The van der Waals surface area contributed by atoms with Crippen LogP contribution in [0.4, 0.5) is 0 Å². The first-order valence-corrected chi connectivity index (χ1v) is 6.80. The van der Waals surface area contributed by atoms with Crippen LogP contribution in [0.3, 0.4) is 0 Å². The third-order valence-electron chi connectivity index (χ3n) is 3.60. The molecule has 0 radical (unpaired) electrons. The number of rotatable bonds is 3. The fraction of sp³-hybridized carbons (Fsp3) is 0.267. The number of hydrogen-bond donors (Lipinski definition) is 0. The van der Waals surface area contributed by atoms with Crippen molar-refractivity contribution < 1.29 is 4.74 Å². The molecular formula is C15H14BrNO. The fourth-order valence-corrected chi connectivity index (χ4v) is 2.73. The molecule has 0 unspecified atom stereocenters. The Kier molecular flexibility index (Phi) is 2.86. The van der Waals surface area contributed by atoms with Crippen LogP contribution in [-0.2, 0) is 5.41 Å². The van der Waals surface area contributed by atoms with Crippen molar-refractivity contribution in [2.45, 2.75) is 18.3 Å². The Balaban J connectivity index is 1.99. The van der Waals surface area contributed by atoms with E-state index in [-0.39, 0.29) is 5.41 Å². The van der Waals surface area contributed by atoms with Crippen molar-refractivity contribution in [3.05, 3.63) is 58.3 Å². The zero-order valence-electron chi connectivity index (χ0n) is 10.2. The van der Waals surface area contributed by atoms with E-state index in [0.717, 1.165) is 15.9 Å². The Hall–Kier alpha value is -1.35. The molecule has 3 rings (SSSR count). The summed E-state index contributed by atoms with van der Waals surface area (Å²) in [4.78, 5) is 4.53. The summed E-state index contributed by atoms with van der Waals surface area (Å²) >= 11 is 3.52. The Bertz CT molecular complexity index is 561. The van der Waals surface area contributed by atoms with Crippen LogP contribution in [0.1, 0.15) is 24.1 Å². The lowest BCUT2D eigenvalue weighted by atomic mass is 9.92. The Morgan fingerprint density at radius 2 is 1.89 bits per heavy atom. The standard InChI is InChI=1S/C15H14BrNO/c1-18-13-4-2-11(3-5-13)15(7-8-15)14-10-12(16)6-9-17-14/h2-6,9-10H,7-8H2,1H3. The molecule has 92 valence electrons. The highest BCUT2D eigenvalue weighted by Crippen LogP contribution is 2.53. The molecule has 2 nitrogen and oxygen atoms in total. The molecule has 1 fully saturated rings. The van der Waals surface area contributed by atoms with Crippen LogP contribution in [0.2, 0.25) is 0 Å². The average Bonchev–Trinajstić information content (AvgIpc) is 3.20. The predicted molar refractivity (Wildman–Crippen MR) is 74.9 cm³/mol. The van der Waals surface area contributed by atoms with E-state index in [1.54, 1.807) is 7.11 Å². The highest BCUT2D eigenvalue weighted by atomic mass is 79.9. The smallest absolute Gasteiger partial charge is 0.118 e. The zero-order chi connectivity index (χ0) is 12.6. The van der Waals surface area contributed by atoms with Crippen molar-refractivity contribution in [1.29, 1.82) is 0 Å². The van der Waals surface area contributed by atoms with Crippen LogP contribution >= 0.6 is 15.9 Å². The van der Waals surface area contributed by atoms with Crippen molar-refractivity contribution >= 4 is 15.9 Å². The number of nitrogens with zero attached hydrogens (tertiary/aromatic N) is 1. The summed E-state index contributed by atoms with van der Waals surface area (Å²) in [6.07, 6.45) is 4.20. The van der Waals surface area contributed by atoms with Crippen molar-refractivity contribution in [1.82, 2.24) is 4.98 Å². The van der Waals surface area contributed by atoms with E-state index >= 15 is 0 Å². The van der Waals surface area contributed by atoms with Gasteiger partial charge in [-0.1, -0.05) is 28.1 Å². The lowest BCUT2D eigenvalue weighted by Gasteiger charge is -2.15. The summed E-state index contributed by atoms with van der Waals surface area (Å²) in [6.45, 7) is 0. The number of ether oxygens (including phenoxy) is 1. The number of methoxy groups -OCH3 is 1. The van der Waals surface area contributed by atoms with Gasteiger partial charge in [-0.25, -0.2) is 0 Å². The highest BCUT2D eigenvalue weighted by Gasteiger charge is 2.47. The monoisotopic (exact) mass is 303 g/mol. The lowest BCUT2D eigenvalue weighted by molar-refractivity contribution is 0.414. The molecule has 0 amide bonds. The summed E-state index contributed by atoms with van der Waals surface area (Å²) in [5.74, 6) is 0.900. The highest BCUT2D eigenvalue weighted by molar-refractivity contribution is 9.10. The number of hydrogen-bond acceptors (Lipinski definition) is 2. The lowest BCUT2D eigenvalue weighted by Crippen LogP contribution is -2.10. The summed E-state index contributed by atoms with van der Waals surface area (Å²) in [6, 6.07) is 12.4. The molecule has 1 aliphatic carbocycles. The van der Waals surface area contributed by atoms with Gasteiger partial charge in [-0.3, -0.25) is 4.98 Å². The molecule has 1 saturated carbocycles. The first kappa shape index (κ1) is 11.7. The molecule has 1 aromatic carbocycles. The maximum atomic E-state index is 5.20. The molecule has 1 heterocycles. The van der Waals surface area contributed by atoms with Gasteiger partial charge in [0.25, 0.3) is 0 Å². The summed E-state index contributed by atoms with van der Waals surface area (Å²) in [5.41, 5.74) is 2.60. The van der Waals surface area contributed by atoms with Crippen LogP contribution in [0.15, 0.2) is 47.1 Å². The molecule has 0 N–H and O–H groups in total. The van der Waals surface area contributed by atoms with E-state index in [4.69, 9.17) is 4.74 Å². The van der Waals surface area contributed by atoms with Crippen molar-refractivity contribution in [2.75, 3.05) is 7.11 Å². The van der Waals surface area contributed by atoms with Crippen molar-refractivity contribution in [3.8, 4) is 5.75 Å². The van der Waals surface area contributed by atoms with E-state index < -0.39 is 0 Å². The molecule has 3 heteroatoms. The Morgan fingerprint density at radius 1 is 1.17 bits per heavy atom. The molecule has 1 aromatic heterocycles. The first-order chi connectivity index (χ1) is 8.74. The molecule has 0 aliphatic heterocycles. The van der Waals surface area contributed by atoms with Gasteiger partial charge in [0, 0.05) is 16.1 Å². The quantitative estimate of drug-likeness (QED) is 0.857. The van der Waals surface area contributed by atoms with Gasteiger partial charge < -0.3 is 4.74 Å². The zero-order valence-corrected chi connectivity index (χ0v) is 11.8. The Morgan fingerprint density at radius 3 is 2.44 bits per heavy atom. The van der Waals surface area contributed by atoms with Gasteiger partial charge in [-0.15, -0.1) is 0 Å². The van der Waals surface area contributed by atoms with E-state index in [1.165, 1.54) is 18.4 Å². The molecule has 0 spiro atoms. The topological polar surface area (TPSA) is 22.1 Å². The Labute approximate surface area is 115 Å². The second-order valence-corrected chi connectivity index (χ2v) is 5.59. The molecule has 18 heavy (non-hydrogen) atoms. The molecular weight excluding hydrogens is 290 g/mol. The summed E-state index contributed by atoms with van der Waals surface area (Å²) < 4.78 is 6.29. The van der Waals surface area contributed by atoms with Crippen LogP contribution in [-0.4, -0.2) is 12.1 Å². The van der Waals surface area contributed by atoms with Gasteiger partial charge in [-0.05, 0) is 42.7 Å². The molecule has 0 bridgehead atoms. The van der Waals surface area contributed by atoms with Gasteiger partial charge in [0.1, 0.15) is 5.75 Å². The van der Waals surface area contributed by atoms with Gasteiger partial charge in [0.05, 0.1) is 12.8 Å². The number of pyridine rings is 1. The van der Waals surface area contributed by atoms with Gasteiger partial charge in [-0.2, -0.15) is 0 Å². The van der Waals surface area contributed by atoms with Crippen molar-refractivity contribution in [2.24, 2.45) is 0 Å². The van der Waals surface area contributed by atoms with Crippen molar-refractivity contribution in [3.63, 3.8) is 0 Å². The molecule has 2 aromatic rings. The second-order valence-electron chi connectivity index (χ2n) is 4.67. The third-order valence-corrected chi connectivity index (χ3v) is 4.10. The van der Waals surface area contributed by atoms with Crippen LogP contribution < -0.4 is 4.74 Å². The minimum atomic E-state index is 0.121. The van der Waals surface area contributed by atoms with Gasteiger partial charge in [0.15, 0.2) is 0 Å². The van der Waals surface area contributed by atoms with E-state index in [0.29, 0.717) is 0 Å². The molecule has 0 atom stereocenters. The van der Waals surface area contributed by atoms with Gasteiger partial charge in [0.2, 0.25) is 0 Å². The maximum Gasteiger partial charge on any atom is 0.118 e. The number of benzene rings is 1. The van der Waals surface area contributed by atoms with E-state index in [2.05, 4.69) is 39.1 Å². The van der Waals surface area contributed by atoms with Crippen LogP contribution in [0.25, 0.3) is 0 Å². The van der Waals surface area contributed by atoms with E-state index in [1.807, 2.05) is 24.4 Å². The van der Waals surface area contributed by atoms with Crippen LogP contribution in [0, 0.1) is 0 Å². The fourth-order valence-electron chi connectivity index (χ4n) is 2.39. The third kappa shape index (κ3) is 1.93. The average molecular weight is 304 g/mol. The number of aromatic nitrogens is 1. The minimum absolute atomic E-state index is 0.121. The first-order valence-electron chi connectivity index (χ1n) is 6.01. The molecule has 0 saturated heterocycles.